The van der Waals surface area contributed by atoms with Crippen molar-refractivity contribution < 1.29 is 9.90 Å². The maximum atomic E-state index is 13.1. The summed E-state index contributed by atoms with van der Waals surface area (Å²) in [6, 6.07) is 24.9. The standard InChI is InChI=1S/C26H21N3O2S/c1-15-19(23(30)17-9-3-2-4-10-17)14-20-22(27)24(32-26(20)28-15)25(31)29-21-13-7-11-16-8-5-6-12-18(16)21/h2-14,23,30H,27H2,1H3,(H,29,31). The second kappa shape index (κ2) is 8.07. The molecule has 0 aliphatic rings. The van der Waals surface area contributed by atoms with Crippen molar-refractivity contribution in [1.29, 1.82) is 0 Å². The van der Waals surface area contributed by atoms with Crippen molar-refractivity contribution in [3.63, 3.8) is 0 Å². The number of benzene rings is 3. The number of nitrogens with zero attached hydrogens (tertiary/aromatic N) is 1. The smallest absolute Gasteiger partial charge is 0.267 e. The highest BCUT2D eigenvalue weighted by molar-refractivity contribution is 7.21. The van der Waals surface area contributed by atoms with Crippen LogP contribution in [0.5, 0.6) is 0 Å². The fourth-order valence-corrected chi connectivity index (χ4v) is 4.94. The Kier molecular flexibility index (Phi) is 5.09. The highest BCUT2D eigenvalue weighted by Gasteiger charge is 2.21. The van der Waals surface area contributed by atoms with Gasteiger partial charge in [-0.2, -0.15) is 0 Å². The van der Waals surface area contributed by atoms with Crippen molar-refractivity contribution in [3.8, 4) is 0 Å². The summed E-state index contributed by atoms with van der Waals surface area (Å²) >= 11 is 1.26. The van der Waals surface area contributed by atoms with Crippen LogP contribution in [0.1, 0.15) is 32.6 Å². The van der Waals surface area contributed by atoms with Gasteiger partial charge in [0.2, 0.25) is 0 Å². The third-order valence-corrected chi connectivity index (χ3v) is 6.72. The summed E-state index contributed by atoms with van der Waals surface area (Å²) in [5.41, 5.74) is 9.65. The van der Waals surface area contributed by atoms with E-state index in [1.807, 2.05) is 85.8 Å². The van der Waals surface area contributed by atoms with E-state index in [1.165, 1.54) is 11.3 Å². The van der Waals surface area contributed by atoms with Crippen LogP contribution in [0.25, 0.3) is 21.0 Å². The summed E-state index contributed by atoms with van der Waals surface area (Å²) in [4.78, 5) is 18.8. The molecule has 1 atom stereocenters. The number of hydrogen-bond donors (Lipinski definition) is 3. The number of amides is 1. The van der Waals surface area contributed by atoms with Crippen LogP contribution in [-0.2, 0) is 0 Å². The number of rotatable bonds is 4. The van der Waals surface area contributed by atoms with Crippen LogP contribution in [0.3, 0.4) is 0 Å². The van der Waals surface area contributed by atoms with Gasteiger partial charge in [0.25, 0.3) is 5.91 Å². The highest BCUT2D eigenvalue weighted by atomic mass is 32.1. The summed E-state index contributed by atoms with van der Waals surface area (Å²) in [6.45, 7) is 1.85. The van der Waals surface area contributed by atoms with Gasteiger partial charge in [0.05, 0.1) is 5.69 Å². The van der Waals surface area contributed by atoms with Crippen molar-refractivity contribution in [2.24, 2.45) is 0 Å². The zero-order chi connectivity index (χ0) is 22.2. The van der Waals surface area contributed by atoms with Crippen LogP contribution in [-0.4, -0.2) is 16.0 Å². The van der Waals surface area contributed by atoms with E-state index in [0.717, 1.165) is 22.0 Å². The van der Waals surface area contributed by atoms with E-state index in [1.54, 1.807) is 0 Å². The van der Waals surface area contributed by atoms with E-state index in [4.69, 9.17) is 5.73 Å². The Morgan fingerprint density at radius 3 is 2.53 bits per heavy atom. The lowest BCUT2D eigenvalue weighted by Crippen LogP contribution is -2.12. The zero-order valence-corrected chi connectivity index (χ0v) is 18.2. The number of hydrogen-bond acceptors (Lipinski definition) is 5. The summed E-state index contributed by atoms with van der Waals surface area (Å²) < 4.78 is 0. The molecule has 0 saturated carbocycles. The predicted octanol–water partition coefficient (Wildman–Crippen LogP) is 5.67. The molecule has 0 fully saturated rings. The normalized spacial score (nSPS) is 12.2. The molecule has 1 amide bonds. The molecular weight excluding hydrogens is 418 g/mol. The van der Waals surface area contributed by atoms with Crippen LogP contribution < -0.4 is 11.1 Å². The fraction of sp³-hybridized carbons (Fsp3) is 0.0769. The Morgan fingerprint density at radius 1 is 1.00 bits per heavy atom. The van der Waals surface area contributed by atoms with E-state index < -0.39 is 6.10 Å². The number of carbonyl (C=O) groups is 1. The zero-order valence-electron chi connectivity index (χ0n) is 17.4. The molecule has 158 valence electrons. The first-order valence-corrected chi connectivity index (χ1v) is 11.1. The Morgan fingerprint density at radius 2 is 1.72 bits per heavy atom. The molecule has 5 aromatic rings. The molecule has 3 aromatic carbocycles. The molecule has 5 nitrogen and oxygen atoms in total. The number of carbonyl (C=O) groups excluding carboxylic acids is 1. The average Bonchev–Trinajstić information content (AvgIpc) is 3.14. The van der Waals surface area contributed by atoms with Gasteiger partial charge in [-0.05, 0) is 30.0 Å². The molecule has 32 heavy (non-hydrogen) atoms. The number of aliphatic hydroxyl groups excluding tert-OH is 1. The minimum absolute atomic E-state index is 0.273. The topological polar surface area (TPSA) is 88.2 Å². The number of nitrogen functional groups attached to an aromatic ring is 1. The van der Waals surface area contributed by atoms with Crippen molar-refractivity contribution >= 4 is 49.6 Å². The van der Waals surface area contributed by atoms with Crippen molar-refractivity contribution in [2.75, 3.05) is 11.1 Å². The van der Waals surface area contributed by atoms with Gasteiger partial charge in [0, 0.05) is 27.7 Å². The molecule has 0 bridgehead atoms. The number of pyridine rings is 1. The Balaban J connectivity index is 1.52. The quantitative estimate of drug-likeness (QED) is 0.336. The van der Waals surface area contributed by atoms with Gasteiger partial charge >= 0.3 is 0 Å². The van der Waals surface area contributed by atoms with Gasteiger partial charge in [-0.15, -0.1) is 11.3 Å². The highest BCUT2D eigenvalue weighted by Crippen LogP contribution is 2.37. The fourth-order valence-electron chi connectivity index (χ4n) is 3.92. The SMILES string of the molecule is Cc1nc2sc(C(=O)Nc3cccc4ccccc34)c(N)c2cc1C(O)c1ccccc1. The number of nitrogens with two attached hydrogens (primary N) is 1. The molecule has 2 aromatic heterocycles. The van der Waals surface area contributed by atoms with Crippen LogP contribution >= 0.6 is 11.3 Å². The van der Waals surface area contributed by atoms with E-state index in [9.17, 15) is 9.90 Å². The van der Waals surface area contributed by atoms with Crippen molar-refractivity contribution in [1.82, 2.24) is 4.98 Å². The minimum atomic E-state index is -0.819. The molecule has 5 rings (SSSR count). The number of aryl methyl sites for hydroxylation is 1. The van der Waals surface area contributed by atoms with Gasteiger partial charge in [-0.1, -0.05) is 66.7 Å². The maximum absolute atomic E-state index is 13.1. The van der Waals surface area contributed by atoms with Gasteiger partial charge in [0.1, 0.15) is 15.8 Å². The molecule has 0 saturated heterocycles. The van der Waals surface area contributed by atoms with Crippen LogP contribution in [0.15, 0.2) is 78.9 Å². The first-order chi connectivity index (χ1) is 15.5. The summed E-state index contributed by atoms with van der Waals surface area (Å²) in [5.74, 6) is -0.273. The third kappa shape index (κ3) is 3.49. The lowest BCUT2D eigenvalue weighted by molar-refractivity contribution is 0.103. The summed E-state index contributed by atoms with van der Waals surface area (Å²) in [6.07, 6.45) is -0.819. The van der Waals surface area contributed by atoms with E-state index >= 15 is 0 Å². The van der Waals surface area contributed by atoms with Gasteiger partial charge < -0.3 is 16.2 Å². The molecule has 0 aliphatic heterocycles. The number of fused-ring (bicyclic) bond motifs is 2. The Bertz CT molecular complexity index is 1460. The molecule has 2 heterocycles. The van der Waals surface area contributed by atoms with Gasteiger partial charge in [-0.25, -0.2) is 4.98 Å². The number of nitrogens with one attached hydrogen (secondary N) is 1. The molecular formula is C26H21N3O2S. The lowest BCUT2D eigenvalue weighted by atomic mass is 9.99. The Labute approximate surface area is 189 Å². The van der Waals surface area contributed by atoms with Crippen molar-refractivity contribution in [3.05, 3.63) is 101 Å². The molecule has 0 aliphatic carbocycles. The largest absolute Gasteiger partial charge is 0.397 e. The number of aromatic nitrogens is 1. The second-order valence-corrected chi connectivity index (χ2v) is 8.65. The second-order valence-electron chi connectivity index (χ2n) is 7.65. The lowest BCUT2D eigenvalue weighted by Gasteiger charge is -2.14. The monoisotopic (exact) mass is 439 g/mol. The molecule has 1 unspecified atom stereocenters. The van der Waals surface area contributed by atoms with Crippen LogP contribution in [0.2, 0.25) is 0 Å². The van der Waals surface area contributed by atoms with E-state index in [2.05, 4.69) is 10.3 Å². The summed E-state index contributed by atoms with van der Waals surface area (Å²) in [7, 11) is 0. The third-order valence-electron chi connectivity index (χ3n) is 5.60. The minimum Gasteiger partial charge on any atom is -0.397 e. The predicted molar refractivity (Wildman–Crippen MR) is 131 cm³/mol. The number of anilines is 2. The first kappa shape index (κ1) is 20.2. The van der Waals surface area contributed by atoms with Gasteiger partial charge in [0.15, 0.2) is 0 Å². The molecule has 4 N–H and O–H groups in total. The first-order valence-electron chi connectivity index (χ1n) is 10.2. The summed E-state index contributed by atoms with van der Waals surface area (Å²) in [5, 5.41) is 16.6. The van der Waals surface area contributed by atoms with Crippen molar-refractivity contribution in [2.45, 2.75) is 13.0 Å². The maximum Gasteiger partial charge on any atom is 0.267 e. The van der Waals surface area contributed by atoms with Crippen LogP contribution in [0, 0.1) is 6.92 Å². The number of aliphatic hydroxyl groups is 1. The molecule has 0 radical (unpaired) electrons. The van der Waals surface area contributed by atoms with E-state index in [0.29, 0.717) is 32.0 Å². The average molecular weight is 440 g/mol. The Hall–Kier alpha value is -3.74. The van der Waals surface area contributed by atoms with Gasteiger partial charge in [-0.3, -0.25) is 4.79 Å². The molecule has 0 spiro atoms. The van der Waals surface area contributed by atoms with E-state index in [-0.39, 0.29) is 5.91 Å². The van der Waals surface area contributed by atoms with Crippen LogP contribution in [0.4, 0.5) is 11.4 Å². The number of thiophene rings is 1. The molecule has 6 heteroatoms.